The molecule has 1 aromatic carbocycles. The van der Waals surface area contributed by atoms with Crippen LogP contribution < -0.4 is 5.32 Å². The third-order valence-corrected chi connectivity index (χ3v) is 3.27. The van der Waals surface area contributed by atoms with Gasteiger partial charge in [-0.15, -0.1) is 11.3 Å². The van der Waals surface area contributed by atoms with E-state index in [4.69, 9.17) is 4.74 Å². The minimum absolute atomic E-state index is 0.727. The Kier molecular flexibility index (Phi) is 5.23. The molecule has 90 valence electrons. The summed E-state index contributed by atoms with van der Waals surface area (Å²) in [4.78, 5) is 1.29. The first kappa shape index (κ1) is 12.3. The Hall–Kier alpha value is -1.16. The first-order valence-electron chi connectivity index (χ1n) is 5.80. The van der Waals surface area contributed by atoms with Crippen molar-refractivity contribution in [1.29, 1.82) is 0 Å². The molecule has 2 nitrogen and oxygen atoms in total. The second-order valence-electron chi connectivity index (χ2n) is 3.79. The van der Waals surface area contributed by atoms with Crippen LogP contribution in [0.5, 0.6) is 0 Å². The molecule has 2 aromatic rings. The van der Waals surface area contributed by atoms with Gasteiger partial charge in [0.15, 0.2) is 0 Å². The molecule has 3 heteroatoms. The second-order valence-corrected chi connectivity index (χ2v) is 4.83. The summed E-state index contributed by atoms with van der Waals surface area (Å²) in [5.41, 5.74) is 1.31. The topological polar surface area (TPSA) is 21.3 Å². The molecule has 0 bridgehead atoms. The van der Waals surface area contributed by atoms with E-state index in [1.54, 1.807) is 11.3 Å². The molecule has 1 heterocycles. The van der Waals surface area contributed by atoms with Crippen LogP contribution in [0.4, 0.5) is 0 Å². The Labute approximate surface area is 106 Å². The van der Waals surface area contributed by atoms with E-state index in [0.29, 0.717) is 0 Å². The van der Waals surface area contributed by atoms with Crippen molar-refractivity contribution in [3.05, 3.63) is 58.3 Å². The summed E-state index contributed by atoms with van der Waals surface area (Å²) >= 11 is 1.74. The van der Waals surface area contributed by atoms with Crippen molar-refractivity contribution in [2.24, 2.45) is 0 Å². The highest BCUT2D eigenvalue weighted by Gasteiger charge is 1.94. The van der Waals surface area contributed by atoms with Crippen LogP contribution in [0.25, 0.3) is 0 Å². The van der Waals surface area contributed by atoms with Gasteiger partial charge in [0.2, 0.25) is 0 Å². The molecule has 0 radical (unpaired) electrons. The Morgan fingerprint density at radius 1 is 1.06 bits per heavy atom. The zero-order chi connectivity index (χ0) is 11.8. The molecule has 0 unspecified atom stereocenters. The van der Waals surface area contributed by atoms with Crippen molar-refractivity contribution in [2.45, 2.75) is 13.2 Å². The fourth-order valence-electron chi connectivity index (χ4n) is 1.54. The minimum Gasteiger partial charge on any atom is -0.375 e. The fraction of sp³-hybridized carbons (Fsp3) is 0.286. The molecule has 0 aliphatic carbocycles. The molecule has 2 rings (SSSR count). The maximum absolute atomic E-state index is 5.56. The lowest BCUT2D eigenvalue weighted by molar-refractivity contribution is 0.124. The minimum atomic E-state index is 0.727. The van der Waals surface area contributed by atoms with Crippen molar-refractivity contribution in [1.82, 2.24) is 5.32 Å². The number of hydrogen-bond acceptors (Lipinski definition) is 3. The smallest absolute Gasteiger partial charge is 0.0809 e. The Morgan fingerprint density at radius 3 is 2.71 bits per heavy atom. The number of thiophene rings is 1. The van der Waals surface area contributed by atoms with Gasteiger partial charge in [-0.3, -0.25) is 0 Å². The first-order chi connectivity index (χ1) is 8.45. The summed E-state index contributed by atoms with van der Waals surface area (Å²) in [5, 5.41) is 5.44. The second kappa shape index (κ2) is 7.22. The van der Waals surface area contributed by atoms with Crippen molar-refractivity contribution in [3.63, 3.8) is 0 Å². The monoisotopic (exact) mass is 247 g/mol. The lowest BCUT2D eigenvalue weighted by Gasteiger charge is -2.05. The highest BCUT2D eigenvalue weighted by Crippen LogP contribution is 2.09. The predicted molar refractivity (Wildman–Crippen MR) is 72.1 cm³/mol. The molecule has 1 N–H and O–H groups in total. The summed E-state index contributed by atoms with van der Waals surface area (Å²) in [7, 11) is 0. The van der Waals surface area contributed by atoms with Crippen LogP contribution in [-0.4, -0.2) is 13.2 Å². The molecule has 17 heavy (non-hydrogen) atoms. The average Bonchev–Trinajstić information content (AvgIpc) is 2.88. The third kappa shape index (κ3) is 4.69. The molecule has 0 spiro atoms. The van der Waals surface area contributed by atoms with E-state index >= 15 is 0 Å². The SMILES string of the molecule is c1ccc(CNCCOCc2cccs2)cc1. The van der Waals surface area contributed by atoms with Crippen LogP contribution in [0.1, 0.15) is 10.4 Å². The maximum Gasteiger partial charge on any atom is 0.0809 e. The molecular weight excluding hydrogens is 230 g/mol. The highest BCUT2D eigenvalue weighted by molar-refractivity contribution is 7.09. The molecule has 0 saturated carbocycles. The van der Waals surface area contributed by atoms with Crippen molar-refractivity contribution in [3.8, 4) is 0 Å². The quantitative estimate of drug-likeness (QED) is 0.759. The number of rotatable bonds is 7. The van der Waals surface area contributed by atoms with Gasteiger partial charge in [-0.1, -0.05) is 36.4 Å². The summed E-state index contributed by atoms with van der Waals surface area (Å²) in [6.45, 7) is 3.28. The van der Waals surface area contributed by atoms with Gasteiger partial charge in [0.05, 0.1) is 13.2 Å². The number of benzene rings is 1. The van der Waals surface area contributed by atoms with Gasteiger partial charge in [0, 0.05) is 18.0 Å². The van der Waals surface area contributed by atoms with Gasteiger partial charge in [-0.05, 0) is 17.0 Å². The van der Waals surface area contributed by atoms with Crippen molar-refractivity contribution < 1.29 is 4.74 Å². The molecule has 0 amide bonds. The highest BCUT2D eigenvalue weighted by atomic mass is 32.1. The van der Waals surface area contributed by atoms with E-state index in [0.717, 1.165) is 26.3 Å². The zero-order valence-corrected chi connectivity index (χ0v) is 10.6. The Bertz CT molecular complexity index is 399. The van der Waals surface area contributed by atoms with Crippen molar-refractivity contribution in [2.75, 3.05) is 13.2 Å². The Balaban J connectivity index is 1.52. The molecule has 0 aliphatic rings. The first-order valence-corrected chi connectivity index (χ1v) is 6.68. The van der Waals surface area contributed by atoms with Gasteiger partial charge in [0.25, 0.3) is 0 Å². The van der Waals surface area contributed by atoms with E-state index in [9.17, 15) is 0 Å². The van der Waals surface area contributed by atoms with E-state index < -0.39 is 0 Å². The van der Waals surface area contributed by atoms with Gasteiger partial charge in [0.1, 0.15) is 0 Å². The van der Waals surface area contributed by atoms with Gasteiger partial charge in [-0.2, -0.15) is 0 Å². The van der Waals surface area contributed by atoms with Crippen molar-refractivity contribution >= 4 is 11.3 Å². The molecule has 0 aliphatic heterocycles. The van der Waals surface area contributed by atoms with Crippen LogP contribution in [0.3, 0.4) is 0 Å². The van der Waals surface area contributed by atoms with E-state index in [1.807, 2.05) is 6.07 Å². The molecule has 1 aromatic heterocycles. The summed E-state index contributed by atoms with van der Waals surface area (Å²) in [5.74, 6) is 0. The van der Waals surface area contributed by atoms with Gasteiger partial charge in [-0.25, -0.2) is 0 Å². The van der Waals surface area contributed by atoms with Gasteiger partial charge >= 0.3 is 0 Å². The molecular formula is C14H17NOS. The summed E-state index contributed by atoms with van der Waals surface area (Å²) in [6, 6.07) is 14.6. The maximum atomic E-state index is 5.56. The van der Waals surface area contributed by atoms with Crippen LogP contribution >= 0.6 is 11.3 Å². The summed E-state index contributed by atoms with van der Waals surface area (Å²) < 4.78 is 5.56. The molecule has 0 saturated heterocycles. The molecule has 0 fully saturated rings. The van der Waals surface area contributed by atoms with E-state index in [-0.39, 0.29) is 0 Å². The lowest BCUT2D eigenvalue weighted by Crippen LogP contribution is -2.19. The fourth-order valence-corrected chi connectivity index (χ4v) is 2.18. The van der Waals surface area contributed by atoms with Crippen LogP contribution in [0, 0.1) is 0 Å². The third-order valence-electron chi connectivity index (χ3n) is 2.42. The number of hydrogen-bond donors (Lipinski definition) is 1. The largest absolute Gasteiger partial charge is 0.375 e. The Morgan fingerprint density at radius 2 is 1.94 bits per heavy atom. The number of nitrogens with one attached hydrogen (secondary N) is 1. The van der Waals surface area contributed by atoms with Crippen LogP contribution in [0.2, 0.25) is 0 Å². The molecule has 0 atom stereocenters. The summed E-state index contributed by atoms with van der Waals surface area (Å²) in [6.07, 6.45) is 0. The van der Waals surface area contributed by atoms with E-state index in [2.05, 4.69) is 47.1 Å². The zero-order valence-electron chi connectivity index (χ0n) is 9.76. The van der Waals surface area contributed by atoms with Gasteiger partial charge < -0.3 is 10.1 Å². The lowest BCUT2D eigenvalue weighted by atomic mass is 10.2. The standard InChI is InChI=1S/C14H17NOS/c1-2-5-13(6-3-1)11-15-8-9-16-12-14-7-4-10-17-14/h1-7,10,15H,8-9,11-12H2. The normalized spacial score (nSPS) is 10.6. The number of ether oxygens (including phenoxy) is 1. The van der Waals surface area contributed by atoms with Crippen LogP contribution in [0.15, 0.2) is 47.8 Å². The average molecular weight is 247 g/mol. The predicted octanol–water partition coefficient (Wildman–Crippen LogP) is 3.05. The van der Waals surface area contributed by atoms with Crippen LogP contribution in [-0.2, 0) is 17.9 Å². The van der Waals surface area contributed by atoms with E-state index in [1.165, 1.54) is 10.4 Å².